The standard InChI is InChI=1S/C17H25ClFN/c1-2-10-20-15(11-13-6-3-4-7-13)12-14-8-5-9-16(18)17(14)19/h5,8-9,13,15,20H,2-4,6-7,10-12H2,1H3. The third-order valence-electron chi connectivity index (χ3n) is 4.27. The Morgan fingerprint density at radius 3 is 2.80 bits per heavy atom. The van der Waals surface area contributed by atoms with E-state index in [1.165, 1.54) is 25.7 Å². The summed E-state index contributed by atoms with van der Waals surface area (Å²) in [7, 11) is 0. The van der Waals surface area contributed by atoms with Gasteiger partial charge >= 0.3 is 0 Å². The number of nitrogens with one attached hydrogen (secondary N) is 1. The first kappa shape index (κ1) is 15.8. The topological polar surface area (TPSA) is 12.0 Å². The van der Waals surface area contributed by atoms with Crippen LogP contribution in [0.1, 0.15) is 51.0 Å². The van der Waals surface area contributed by atoms with E-state index in [0.717, 1.165) is 37.3 Å². The Labute approximate surface area is 126 Å². The lowest BCUT2D eigenvalue weighted by Crippen LogP contribution is -2.33. The maximum Gasteiger partial charge on any atom is 0.145 e. The van der Waals surface area contributed by atoms with Crippen molar-refractivity contribution in [1.29, 1.82) is 0 Å². The van der Waals surface area contributed by atoms with Crippen LogP contribution in [0.25, 0.3) is 0 Å². The van der Waals surface area contributed by atoms with Crippen LogP contribution in [0.4, 0.5) is 4.39 Å². The van der Waals surface area contributed by atoms with Gasteiger partial charge in [-0.3, -0.25) is 0 Å². The van der Waals surface area contributed by atoms with Gasteiger partial charge in [-0.2, -0.15) is 0 Å². The Kier molecular flexibility index (Phi) is 6.31. The Morgan fingerprint density at radius 1 is 1.35 bits per heavy atom. The van der Waals surface area contributed by atoms with E-state index in [2.05, 4.69) is 12.2 Å². The largest absolute Gasteiger partial charge is 0.314 e. The van der Waals surface area contributed by atoms with Gasteiger partial charge in [-0.15, -0.1) is 0 Å². The Hall–Kier alpha value is -0.600. The normalized spacial score (nSPS) is 17.6. The van der Waals surface area contributed by atoms with Crippen LogP contribution in [-0.4, -0.2) is 12.6 Å². The highest BCUT2D eigenvalue weighted by atomic mass is 35.5. The average Bonchev–Trinajstić information content (AvgIpc) is 2.94. The zero-order chi connectivity index (χ0) is 14.4. The van der Waals surface area contributed by atoms with E-state index in [0.29, 0.717) is 6.04 Å². The molecule has 1 fully saturated rings. The zero-order valence-corrected chi connectivity index (χ0v) is 13.1. The molecule has 0 bridgehead atoms. The van der Waals surface area contributed by atoms with Crippen LogP contribution >= 0.6 is 11.6 Å². The molecule has 20 heavy (non-hydrogen) atoms. The minimum atomic E-state index is -0.246. The van der Waals surface area contributed by atoms with E-state index in [1.54, 1.807) is 6.07 Å². The van der Waals surface area contributed by atoms with E-state index < -0.39 is 0 Å². The fourth-order valence-electron chi connectivity index (χ4n) is 3.21. The van der Waals surface area contributed by atoms with Crippen molar-refractivity contribution in [3.63, 3.8) is 0 Å². The van der Waals surface area contributed by atoms with Gasteiger partial charge in [0.05, 0.1) is 5.02 Å². The van der Waals surface area contributed by atoms with Gasteiger partial charge in [0.2, 0.25) is 0 Å². The summed E-state index contributed by atoms with van der Waals surface area (Å²) in [5, 5.41) is 3.82. The lowest BCUT2D eigenvalue weighted by atomic mass is 9.93. The smallest absolute Gasteiger partial charge is 0.145 e. The van der Waals surface area contributed by atoms with Crippen molar-refractivity contribution in [1.82, 2.24) is 5.32 Å². The van der Waals surface area contributed by atoms with Gasteiger partial charge in [0.25, 0.3) is 0 Å². The van der Waals surface area contributed by atoms with E-state index in [4.69, 9.17) is 11.6 Å². The van der Waals surface area contributed by atoms with E-state index in [-0.39, 0.29) is 10.8 Å². The molecule has 1 nitrogen and oxygen atoms in total. The summed E-state index contributed by atoms with van der Waals surface area (Å²) in [4.78, 5) is 0. The third kappa shape index (κ3) is 4.46. The highest BCUT2D eigenvalue weighted by Gasteiger charge is 2.21. The number of rotatable bonds is 7. The van der Waals surface area contributed by atoms with Gasteiger partial charge in [-0.05, 0) is 43.4 Å². The van der Waals surface area contributed by atoms with Crippen molar-refractivity contribution in [2.75, 3.05) is 6.54 Å². The summed E-state index contributed by atoms with van der Waals surface area (Å²) in [6.45, 7) is 3.17. The Balaban J connectivity index is 1.99. The molecule has 0 aliphatic heterocycles. The molecule has 112 valence electrons. The van der Waals surface area contributed by atoms with Crippen molar-refractivity contribution >= 4 is 11.6 Å². The lowest BCUT2D eigenvalue weighted by molar-refractivity contribution is 0.381. The summed E-state index contributed by atoms with van der Waals surface area (Å²) in [6, 6.07) is 5.68. The maximum atomic E-state index is 14.0. The lowest BCUT2D eigenvalue weighted by Gasteiger charge is -2.22. The van der Waals surface area contributed by atoms with Gasteiger partial charge in [0.15, 0.2) is 0 Å². The molecule has 0 saturated heterocycles. The molecule has 1 saturated carbocycles. The van der Waals surface area contributed by atoms with Crippen LogP contribution in [0.5, 0.6) is 0 Å². The van der Waals surface area contributed by atoms with Crippen LogP contribution < -0.4 is 5.32 Å². The molecular weight excluding hydrogens is 273 g/mol. The van der Waals surface area contributed by atoms with Gasteiger partial charge in [0, 0.05) is 6.04 Å². The SMILES string of the molecule is CCCNC(Cc1cccc(Cl)c1F)CC1CCCC1. The van der Waals surface area contributed by atoms with Crippen molar-refractivity contribution in [3.8, 4) is 0 Å². The summed E-state index contributed by atoms with van der Waals surface area (Å²) >= 11 is 5.88. The molecular formula is C17H25ClFN. The second-order valence-electron chi connectivity index (χ2n) is 5.95. The molecule has 0 heterocycles. The van der Waals surface area contributed by atoms with Crippen LogP contribution in [0.3, 0.4) is 0 Å². The number of hydrogen-bond donors (Lipinski definition) is 1. The van der Waals surface area contributed by atoms with Crippen molar-refractivity contribution in [2.24, 2.45) is 5.92 Å². The molecule has 2 rings (SSSR count). The molecule has 0 amide bonds. The summed E-state index contributed by atoms with van der Waals surface area (Å²) in [6.07, 6.45) is 8.39. The van der Waals surface area contributed by atoms with Gasteiger partial charge in [0.1, 0.15) is 5.82 Å². The van der Waals surface area contributed by atoms with E-state index in [9.17, 15) is 4.39 Å². The molecule has 1 aliphatic rings. The molecule has 1 unspecified atom stereocenters. The van der Waals surface area contributed by atoms with E-state index in [1.807, 2.05) is 12.1 Å². The quantitative estimate of drug-likeness (QED) is 0.749. The third-order valence-corrected chi connectivity index (χ3v) is 4.57. The Bertz CT molecular complexity index is 415. The van der Waals surface area contributed by atoms with Gasteiger partial charge in [-0.1, -0.05) is 56.3 Å². The summed E-state index contributed by atoms with van der Waals surface area (Å²) in [5.41, 5.74) is 0.740. The van der Waals surface area contributed by atoms with Crippen molar-refractivity contribution in [3.05, 3.63) is 34.6 Å². The minimum absolute atomic E-state index is 0.234. The van der Waals surface area contributed by atoms with Crippen molar-refractivity contribution < 1.29 is 4.39 Å². The van der Waals surface area contributed by atoms with Crippen molar-refractivity contribution in [2.45, 2.75) is 57.9 Å². The molecule has 1 atom stereocenters. The molecule has 3 heteroatoms. The fraction of sp³-hybridized carbons (Fsp3) is 0.647. The molecule has 0 aromatic heterocycles. The fourth-order valence-corrected chi connectivity index (χ4v) is 3.40. The molecule has 1 aromatic carbocycles. The molecule has 1 aromatic rings. The van der Waals surface area contributed by atoms with Crippen LogP contribution in [-0.2, 0) is 6.42 Å². The highest BCUT2D eigenvalue weighted by Crippen LogP contribution is 2.30. The minimum Gasteiger partial charge on any atom is -0.314 e. The highest BCUT2D eigenvalue weighted by molar-refractivity contribution is 6.30. The first-order valence-electron chi connectivity index (χ1n) is 7.87. The zero-order valence-electron chi connectivity index (χ0n) is 12.3. The second kappa shape index (κ2) is 7.99. The van der Waals surface area contributed by atoms with Crippen LogP contribution in [0.15, 0.2) is 18.2 Å². The van der Waals surface area contributed by atoms with Gasteiger partial charge in [-0.25, -0.2) is 4.39 Å². The maximum absolute atomic E-state index is 14.0. The predicted molar refractivity (Wildman–Crippen MR) is 83.8 cm³/mol. The molecule has 1 N–H and O–H groups in total. The summed E-state index contributed by atoms with van der Waals surface area (Å²) in [5.74, 6) is 0.565. The second-order valence-corrected chi connectivity index (χ2v) is 6.36. The Morgan fingerprint density at radius 2 is 2.10 bits per heavy atom. The molecule has 1 aliphatic carbocycles. The van der Waals surface area contributed by atoms with Crippen LogP contribution in [0, 0.1) is 11.7 Å². The summed E-state index contributed by atoms with van der Waals surface area (Å²) < 4.78 is 14.0. The number of hydrogen-bond acceptors (Lipinski definition) is 1. The number of halogens is 2. The monoisotopic (exact) mass is 297 g/mol. The first-order valence-corrected chi connectivity index (χ1v) is 8.24. The number of benzene rings is 1. The average molecular weight is 298 g/mol. The first-order chi connectivity index (χ1) is 9.70. The predicted octanol–water partition coefficient (Wildman–Crippen LogP) is 4.97. The van der Waals surface area contributed by atoms with Gasteiger partial charge < -0.3 is 5.32 Å². The molecule has 0 radical (unpaired) electrons. The van der Waals surface area contributed by atoms with E-state index >= 15 is 0 Å². The van der Waals surface area contributed by atoms with Crippen LogP contribution in [0.2, 0.25) is 5.02 Å². The molecule has 0 spiro atoms.